The molecule has 154 valence electrons. The van der Waals surface area contributed by atoms with Crippen LogP contribution in [0.3, 0.4) is 0 Å². The van der Waals surface area contributed by atoms with E-state index >= 15 is 0 Å². The molecule has 1 aliphatic heterocycles. The van der Waals surface area contributed by atoms with Crippen LogP contribution in [0.25, 0.3) is 0 Å². The third kappa shape index (κ3) is 6.59. The second-order valence-corrected chi connectivity index (χ2v) is 7.57. The van der Waals surface area contributed by atoms with Crippen molar-refractivity contribution in [2.24, 2.45) is 4.99 Å². The number of nitrogens with zero attached hydrogens (tertiary/aromatic N) is 2. The minimum Gasteiger partial charge on any atom is -0.386 e. The average molecular weight is 518 g/mol. The van der Waals surface area contributed by atoms with E-state index in [2.05, 4.69) is 38.0 Å². The van der Waals surface area contributed by atoms with E-state index in [-0.39, 0.29) is 36.3 Å². The molecule has 1 unspecified atom stereocenters. The van der Waals surface area contributed by atoms with E-state index in [4.69, 9.17) is 0 Å². The van der Waals surface area contributed by atoms with Crippen molar-refractivity contribution in [2.45, 2.75) is 31.9 Å². The van der Waals surface area contributed by atoms with E-state index in [0.717, 1.165) is 32.5 Å². The lowest BCUT2D eigenvalue weighted by atomic mass is 10.1. The average Bonchev–Trinajstić information content (AvgIpc) is 3.22. The molecule has 0 aliphatic carbocycles. The van der Waals surface area contributed by atoms with Crippen LogP contribution in [0.2, 0.25) is 0 Å². The van der Waals surface area contributed by atoms with Crippen molar-refractivity contribution in [1.82, 2.24) is 10.6 Å². The number of aliphatic hydroxyl groups excluding tert-OH is 1. The fourth-order valence-corrected chi connectivity index (χ4v) is 3.96. The Balaban J connectivity index is 0.00000280. The number of hydrogen-bond acceptors (Lipinski definition) is 4. The van der Waals surface area contributed by atoms with Gasteiger partial charge in [0.05, 0.1) is 17.6 Å². The topological polar surface area (TPSA) is 59.9 Å². The van der Waals surface area contributed by atoms with Crippen molar-refractivity contribution in [3.8, 4) is 0 Å². The van der Waals surface area contributed by atoms with Gasteiger partial charge in [-0.15, -0.1) is 35.3 Å². The number of guanidine groups is 1. The van der Waals surface area contributed by atoms with E-state index in [9.17, 15) is 9.50 Å². The van der Waals surface area contributed by atoms with Crippen LogP contribution in [0.15, 0.2) is 46.8 Å². The molecule has 1 saturated heterocycles. The van der Waals surface area contributed by atoms with Crippen LogP contribution in [0.4, 0.5) is 9.39 Å². The molecule has 2 heterocycles. The van der Waals surface area contributed by atoms with Crippen molar-refractivity contribution in [2.75, 3.05) is 31.1 Å². The first kappa shape index (κ1) is 22.9. The molecule has 1 aromatic carbocycles. The van der Waals surface area contributed by atoms with Crippen molar-refractivity contribution < 1.29 is 9.50 Å². The Morgan fingerprint density at radius 2 is 2.00 bits per heavy atom. The maximum atomic E-state index is 13.0. The minimum atomic E-state index is -0.748. The smallest absolute Gasteiger partial charge is 0.191 e. The zero-order chi connectivity index (χ0) is 19.1. The standard InChI is InChI=1S/C20H27FN4OS.HI/c1-2-22-20(23-14-18(26)15-5-7-16(21)8-6-15)24-17-9-11-25(12-10-17)19-4-3-13-27-19;/h3-8,13,17-18,26H,2,9-12,14H2,1H3,(H2,22,23,24);1H. The van der Waals surface area contributed by atoms with Crippen molar-refractivity contribution >= 4 is 46.3 Å². The van der Waals surface area contributed by atoms with Gasteiger partial charge in [0.15, 0.2) is 5.96 Å². The van der Waals surface area contributed by atoms with Gasteiger partial charge in [0, 0.05) is 25.7 Å². The Bertz CT molecular complexity index is 718. The Kier molecular flexibility index (Phi) is 9.46. The lowest BCUT2D eigenvalue weighted by Gasteiger charge is -2.33. The number of piperidine rings is 1. The molecule has 1 aliphatic rings. The number of benzene rings is 1. The lowest BCUT2D eigenvalue weighted by Crippen LogP contribution is -2.48. The molecule has 28 heavy (non-hydrogen) atoms. The summed E-state index contributed by atoms with van der Waals surface area (Å²) in [4.78, 5) is 6.94. The Hall–Kier alpha value is -1.39. The quantitative estimate of drug-likeness (QED) is 0.310. The predicted octanol–water partition coefficient (Wildman–Crippen LogP) is 3.76. The number of rotatable bonds is 6. The molecule has 5 nitrogen and oxygen atoms in total. The number of thiophene rings is 1. The van der Waals surface area contributed by atoms with Crippen LogP contribution in [-0.4, -0.2) is 43.3 Å². The molecule has 1 atom stereocenters. The maximum absolute atomic E-state index is 13.0. The normalized spacial score (nSPS) is 16.4. The highest BCUT2D eigenvalue weighted by molar-refractivity contribution is 14.0. The van der Waals surface area contributed by atoms with Gasteiger partial charge in [-0.05, 0) is 55.0 Å². The first-order chi connectivity index (χ1) is 13.2. The summed E-state index contributed by atoms with van der Waals surface area (Å²) < 4.78 is 13.0. The van der Waals surface area contributed by atoms with Crippen LogP contribution >= 0.6 is 35.3 Å². The monoisotopic (exact) mass is 518 g/mol. The summed E-state index contributed by atoms with van der Waals surface area (Å²) in [6.07, 6.45) is 1.34. The van der Waals surface area contributed by atoms with E-state index < -0.39 is 6.10 Å². The molecule has 0 radical (unpaired) electrons. The van der Waals surface area contributed by atoms with Gasteiger partial charge in [0.2, 0.25) is 0 Å². The van der Waals surface area contributed by atoms with Gasteiger partial charge in [0.25, 0.3) is 0 Å². The summed E-state index contributed by atoms with van der Waals surface area (Å²) in [5.41, 5.74) is 0.667. The predicted molar refractivity (Wildman–Crippen MR) is 125 cm³/mol. The maximum Gasteiger partial charge on any atom is 0.191 e. The third-order valence-electron chi connectivity index (χ3n) is 4.67. The molecular weight excluding hydrogens is 490 g/mol. The molecule has 3 N–H and O–H groups in total. The molecule has 1 aromatic heterocycles. The van der Waals surface area contributed by atoms with Crippen molar-refractivity contribution in [3.63, 3.8) is 0 Å². The first-order valence-corrected chi connectivity index (χ1v) is 10.3. The van der Waals surface area contributed by atoms with Gasteiger partial charge in [-0.2, -0.15) is 0 Å². The van der Waals surface area contributed by atoms with Crippen LogP contribution in [0, 0.1) is 5.82 Å². The molecule has 0 bridgehead atoms. The summed E-state index contributed by atoms with van der Waals surface area (Å²) in [5, 5.41) is 20.5. The van der Waals surface area contributed by atoms with Gasteiger partial charge >= 0.3 is 0 Å². The van der Waals surface area contributed by atoms with Crippen LogP contribution in [0.5, 0.6) is 0 Å². The number of aliphatic imine (C=N–C) groups is 1. The summed E-state index contributed by atoms with van der Waals surface area (Å²) in [5.74, 6) is 0.409. The zero-order valence-corrected chi connectivity index (χ0v) is 19.1. The number of anilines is 1. The molecule has 8 heteroatoms. The van der Waals surface area contributed by atoms with E-state index in [1.807, 2.05) is 6.92 Å². The van der Waals surface area contributed by atoms with Gasteiger partial charge in [-0.3, -0.25) is 4.99 Å². The molecule has 3 rings (SSSR count). The number of aliphatic hydroxyl groups is 1. The number of nitrogens with one attached hydrogen (secondary N) is 2. The van der Waals surface area contributed by atoms with Crippen LogP contribution in [-0.2, 0) is 0 Å². The van der Waals surface area contributed by atoms with Gasteiger partial charge in [-0.1, -0.05) is 12.1 Å². The second kappa shape index (κ2) is 11.6. The van der Waals surface area contributed by atoms with E-state index in [1.165, 1.54) is 17.1 Å². The van der Waals surface area contributed by atoms with E-state index in [0.29, 0.717) is 17.6 Å². The number of halogens is 2. The molecule has 2 aromatic rings. The fourth-order valence-electron chi connectivity index (χ4n) is 3.18. The van der Waals surface area contributed by atoms with Crippen LogP contribution in [0.1, 0.15) is 31.4 Å². The summed E-state index contributed by atoms with van der Waals surface area (Å²) in [6.45, 7) is 5.06. The summed E-state index contributed by atoms with van der Waals surface area (Å²) in [6, 6.07) is 10.5. The molecule has 0 saturated carbocycles. The number of hydrogen-bond donors (Lipinski definition) is 3. The second-order valence-electron chi connectivity index (χ2n) is 6.64. The van der Waals surface area contributed by atoms with Gasteiger partial charge in [-0.25, -0.2) is 4.39 Å². The summed E-state index contributed by atoms with van der Waals surface area (Å²) in [7, 11) is 0. The Labute approximate surface area is 187 Å². The zero-order valence-electron chi connectivity index (χ0n) is 16.0. The lowest BCUT2D eigenvalue weighted by molar-refractivity contribution is 0.187. The highest BCUT2D eigenvalue weighted by Gasteiger charge is 2.20. The highest BCUT2D eigenvalue weighted by atomic mass is 127. The SMILES string of the molecule is CCNC(=NCC(O)c1ccc(F)cc1)NC1CCN(c2cccs2)CC1.I. The molecule has 0 amide bonds. The minimum absolute atomic E-state index is 0. The van der Waals surface area contributed by atoms with Crippen molar-refractivity contribution in [1.29, 1.82) is 0 Å². The summed E-state index contributed by atoms with van der Waals surface area (Å²) >= 11 is 1.78. The largest absolute Gasteiger partial charge is 0.386 e. The van der Waals surface area contributed by atoms with Crippen molar-refractivity contribution in [3.05, 3.63) is 53.2 Å². The van der Waals surface area contributed by atoms with Crippen LogP contribution < -0.4 is 15.5 Å². The highest BCUT2D eigenvalue weighted by Crippen LogP contribution is 2.24. The van der Waals surface area contributed by atoms with Gasteiger partial charge < -0.3 is 20.6 Å². The first-order valence-electron chi connectivity index (χ1n) is 9.42. The Morgan fingerprint density at radius 3 is 2.61 bits per heavy atom. The van der Waals surface area contributed by atoms with E-state index in [1.54, 1.807) is 23.5 Å². The molecule has 0 spiro atoms. The Morgan fingerprint density at radius 1 is 1.29 bits per heavy atom. The molecular formula is C20H28FIN4OS. The molecule has 1 fully saturated rings. The third-order valence-corrected chi connectivity index (χ3v) is 5.60. The fraction of sp³-hybridized carbons (Fsp3) is 0.450. The van der Waals surface area contributed by atoms with Gasteiger partial charge in [0.1, 0.15) is 5.82 Å².